The average Bonchev–Trinajstić information content (AvgIpc) is 3.37. The molecule has 33 heavy (non-hydrogen) atoms. The highest BCUT2D eigenvalue weighted by Crippen LogP contribution is 2.25. The van der Waals surface area contributed by atoms with E-state index in [4.69, 9.17) is 4.74 Å². The number of anilines is 1. The normalized spacial score (nSPS) is 10.8. The van der Waals surface area contributed by atoms with Gasteiger partial charge in [0.25, 0.3) is 5.56 Å². The van der Waals surface area contributed by atoms with Crippen molar-refractivity contribution >= 4 is 34.1 Å². The van der Waals surface area contributed by atoms with Gasteiger partial charge in [0.2, 0.25) is 5.91 Å². The van der Waals surface area contributed by atoms with Gasteiger partial charge in [0, 0.05) is 29.2 Å². The molecule has 0 aliphatic rings. The standard InChI is InChI=1S/C20H19N7O4S2/c1-11-9-32-19(21-11)24-17(29)10-33-20-26-25-15(7-12-8-16(28)23-18(30)22-12)27(20)13-3-5-14(31-2)6-4-13/h3-6,8-9H,7,10H2,1-2H3,(H,21,24,29)(H2,22,23,28,30). The Morgan fingerprint density at radius 3 is 2.67 bits per heavy atom. The van der Waals surface area contributed by atoms with E-state index in [1.165, 1.54) is 29.2 Å². The minimum absolute atomic E-state index is 0.0920. The molecule has 0 aliphatic carbocycles. The van der Waals surface area contributed by atoms with E-state index < -0.39 is 11.2 Å². The lowest BCUT2D eigenvalue weighted by Crippen LogP contribution is -2.23. The summed E-state index contributed by atoms with van der Waals surface area (Å²) in [6.45, 7) is 1.85. The molecule has 0 unspecified atom stereocenters. The highest BCUT2D eigenvalue weighted by atomic mass is 32.2. The Kier molecular flexibility index (Phi) is 6.70. The number of H-pyrrole nitrogens is 2. The molecule has 0 atom stereocenters. The number of nitrogens with one attached hydrogen (secondary N) is 3. The Bertz CT molecular complexity index is 1360. The number of thioether (sulfide) groups is 1. The molecular weight excluding hydrogens is 466 g/mol. The summed E-state index contributed by atoms with van der Waals surface area (Å²) >= 11 is 2.56. The minimum Gasteiger partial charge on any atom is -0.497 e. The van der Waals surface area contributed by atoms with Crippen LogP contribution in [0, 0.1) is 6.92 Å². The minimum atomic E-state index is -0.600. The van der Waals surface area contributed by atoms with E-state index in [0.29, 0.717) is 27.6 Å². The van der Waals surface area contributed by atoms with Crippen LogP contribution in [0.1, 0.15) is 17.2 Å². The molecule has 4 rings (SSSR count). The molecule has 0 saturated carbocycles. The number of rotatable bonds is 8. The fourth-order valence-electron chi connectivity index (χ4n) is 2.98. The number of carbonyl (C=O) groups excluding carboxylic acids is 1. The van der Waals surface area contributed by atoms with Crippen LogP contribution in [-0.4, -0.2) is 48.5 Å². The third-order valence-electron chi connectivity index (χ3n) is 4.39. The third kappa shape index (κ3) is 5.56. The van der Waals surface area contributed by atoms with Crippen LogP contribution < -0.4 is 21.3 Å². The first-order valence-electron chi connectivity index (χ1n) is 9.67. The van der Waals surface area contributed by atoms with Crippen LogP contribution in [0.4, 0.5) is 5.13 Å². The number of ether oxygens (including phenoxy) is 1. The number of benzene rings is 1. The number of methoxy groups -OCH3 is 1. The van der Waals surface area contributed by atoms with Gasteiger partial charge in [-0.3, -0.25) is 19.1 Å². The molecule has 0 bridgehead atoms. The van der Waals surface area contributed by atoms with E-state index in [1.54, 1.807) is 23.8 Å². The van der Waals surface area contributed by atoms with Crippen LogP contribution in [-0.2, 0) is 11.2 Å². The first kappa shape index (κ1) is 22.5. The topological polar surface area (TPSA) is 148 Å². The van der Waals surface area contributed by atoms with Crippen LogP contribution in [0.5, 0.6) is 5.75 Å². The molecule has 0 saturated heterocycles. The van der Waals surface area contributed by atoms with Gasteiger partial charge >= 0.3 is 5.69 Å². The van der Waals surface area contributed by atoms with E-state index in [1.807, 2.05) is 24.4 Å². The second-order valence-electron chi connectivity index (χ2n) is 6.85. The monoisotopic (exact) mass is 485 g/mol. The third-order valence-corrected chi connectivity index (χ3v) is 6.20. The number of amides is 1. The number of aromatic nitrogens is 6. The Morgan fingerprint density at radius 1 is 1.21 bits per heavy atom. The van der Waals surface area contributed by atoms with E-state index in [-0.39, 0.29) is 18.1 Å². The zero-order valence-electron chi connectivity index (χ0n) is 17.6. The van der Waals surface area contributed by atoms with Crippen molar-refractivity contribution in [3.05, 3.63) is 73.8 Å². The average molecular weight is 486 g/mol. The molecule has 3 aromatic heterocycles. The van der Waals surface area contributed by atoms with Crippen LogP contribution in [0.15, 0.2) is 50.5 Å². The zero-order valence-corrected chi connectivity index (χ0v) is 19.2. The van der Waals surface area contributed by atoms with Gasteiger partial charge in [0.1, 0.15) is 11.6 Å². The van der Waals surface area contributed by atoms with Gasteiger partial charge in [-0.05, 0) is 31.2 Å². The van der Waals surface area contributed by atoms with Gasteiger partial charge in [-0.15, -0.1) is 21.5 Å². The predicted molar refractivity (Wildman–Crippen MR) is 125 cm³/mol. The molecule has 0 radical (unpaired) electrons. The van der Waals surface area contributed by atoms with Crippen LogP contribution in [0.25, 0.3) is 5.69 Å². The summed E-state index contributed by atoms with van der Waals surface area (Å²) in [4.78, 5) is 44.7. The summed E-state index contributed by atoms with van der Waals surface area (Å²) in [6, 6.07) is 8.54. The van der Waals surface area contributed by atoms with Crippen molar-refractivity contribution in [3.8, 4) is 11.4 Å². The van der Waals surface area contributed by atoms with Crippen molar-refractivity contribution < 1.29 is 9.53 Å². The molecule has 1 aromatic carbocycles. The highest BCUT2D eigenvalue weighted by molar-refractivity contribution is 7.99. The molecule has 3 heterocycles. The summed E-state index contributed by atoms with van der Waals surface area (Å²) < 4.78 is 6.99. The number of aryl methyl sites for hydroxylation is 1. The fraction of sp³-hybridized carbons (Fsp3) is 0.200. The van der Waals surface area contributed by atoms with Gasteiger partial charge in [-0.25, -0.2) is 9.78 Å². The molecule has 4 aromatic rings. The maximum absolute atomic E-state index is 12.4. The second-order valence-corrected chi connectivity index (χ2v) is 8.65. The summed E-state index contributed by atoms with van der Waals surface area (Å²) in [7, 11) is 1.58. The molecule has 0 spiro atoms. The molecular formula is C20H19N7O4S2. The van der Waals surface area contributed by atoms with Gasteiger partial charge in [0.05, 0.1) is 18.6 Å². The van der Waals surface area contributed by atoms with Crippen molar-refractivity contribution in [1.82, 2.24) is 29.7 Å². The smallest absolute Gasteiger partial charge is 0.325 e. The van der Waals surface area contributed by atoms with Crippen LogP contribution >= 0.6 is 23.1 Å². The molecule has 3 N–H and O–H groups in total. The summed E-state index contributed by atoms with van der Waals surface area (Å²) in [6.07, 6.45) is 0.156. The number of thiazole rings is 1. The molecule has 0 aliphatic heterocycles. The van der Waals surface area contributed by atoms with Gasteiger partial charge in [0.15, 0.2) is 10.3 Å². The molecule has 1 amide bonds. The number of nitrogens with zero attached hydrogens (tertiary/aromatic N) is 4. The lowest BCUT2D eigenvalue weighted by atomic mass is 10.2. The number of carbonyl (C=O) groups is 1. The Balaban J connectivity index is 1.60. The predicted octanol–water partition coefficient (Wildman–Crippen LogP) is 1.74. The lowest BCUT2D eigenvalue weighted by molar-refractivity contribution is -0.113. The number of hydrogen-bond donors (Lipinski definition) is 3. The quantitative estimate of drug-likeness (QED) is 0.320. The van der Waals surface area contributed by atoms with Crippen molar-refractivity contribution in [1.29, 1.82) is 0 Å². The van der Waals surface area contributed by atoms with Crippen molar-refractivity contribution in [2.24, 2.45) is 0 Å². The number of hydrogen-bond acceptors (Lipinski definition) is 9. The van der Waals surface area contributed by atoms with Crippen LogP contribution in [0.3, 0.4) is 0 Å². The molecule has 170 valence electrons. The number of aromatic amines is 2. The van der Waals surface area contributed by atoms with E-state index >= 15 is 0 Å². The Morgan fingerprint density at radius 2 is 2.00 bits per heavy atom. The van der Waals surface area contributed by atoms with E-state index in [2.05, 4.69) is 30.5 Å². The first-order chi connectivity index (χ1) is 15.9. The first-order valence-corrected chi connectivity index (χ1v) is 11.5. The SMILES string of the molecule is COc1ccc(-n2c(Cc3cc(=O)[nH]c(=O)[nH]3)nnc2SCC(=O)Nc2nc(C)cs2)cc1. The highest BCUT2D eigenvalue weighted by Gasteiger charge is 2.17. The van der Waals surface area contributed by atoms with E-state index in [9.17, 15) is 14.4 Å². The zero-order chi connectivity index (χ0) is 23.4. The van der Waals surface area contributed by atoms with E-state index in [0.717, 1.165) is 11.4 Å². The lowest BCUT2D eigenvalue weighted by Gasteiger charge is -2.11. The van der Waals surface area contributed by atoms with Crippen molar-refractivity contribution in [2.75, 3.05) is 18.2 Å². The maximum atomic E-state index is 12.4. The summed E-state index contributed by atoms with van der Waals surface area (Å²) in [5, 5.41) is 14.1. The van der Waals surface area contributed by atoms with Crippen molar-refractivity contribution in [2.45, 2.75) is 18.5 Å². The largest absolute Gasteiger partial charge is 0.497 e. The molecule has 0 fully saturated rings. The van der Waals surface area contributed by atoms with Crippen LogP contribution in [0.2, 0.25) is 0 Å². The second kappa shape index (κ2) is 9.83. The van der Waals surface area contributed by atoms with Gasteiger partial charge in [-0.1, -0.05) is 11.8 Å². The molecule has 13 heteroatoms. The fourth-order valence-corrected chi connectivity index (χ4v) is 4.46. The Labute approximate surface area is 195 Å². The van der Waals surface area contributed by atoms with Crippen molar-refractivity contribution in [3.63, 3.8) is 0 Å². The van der Waals surface area contributed by atoms with Gasteiger partial charge in [-0.2, -0.15) is 0 Å². The summed E-state index contributed by atoms with van der Waals surface area (Å²) in [5.41, 5.74) is 0.857. The van der Waals surface area contributed by atoms with Gasteiger partial charge < -0.3 is 15.0 Å². The Hall–Kier alpha value is -3.71. The summed E-state index contributed by atoms with van der Waals surface area (Å²) in [5.74, 6) is 1.04. The molecule has 11 nitrogen and oxygen atoms in total. The maximum Gasteiger partial charge on any atom is 0.325 e.